The van der Waals surface area contributed by atoms with Gasteiger partial charge in [-0.05, 0) is 40.4 Å². The second-order valence-corrected chi connectivity index (χ2v) is 5.32. The lowest BCUT2D eigenvalue weighted by molar-refractivity contribution is -0.138. The second-order valence-electron chi connectivity index (χ2n) is 4.54. The fourth-order valence-electron chi connectivity index (χ4n) is 1.81. The summed E-state index contributed by atoms with van der Waals surface area (Å²) >= 11 is 1.70. The van der Waals surface area contributed by atoms with E-state index in [2.05, 4.69) is 22.1 Å². The fourth-order valence-corrected chi connectivity index (χ4v) is 2.48. The number of rotatable bonds is 6. The molecule has 1 aromatic heterocycles. The van der Waals surface area contributed by atoms with E-state index >= 15 is 0 Å². The molecule has 100 valence electrons. The van der Waals surface area contributed by atoms with Crippen LogP contribution in [0.1, 0.15) is 29.5 Å². The molecule has 2 rings (SSSR count). The first-order valence-electron chi connectivity index (χ1n) is 6.20. The Bertz CT molecular complexity index is 520. The maximum absolute atomic E-state index is 10.9. The molecule has 19 heavy (non-hydrogen) atoms. The minimum atomic E-state index is -0.789. The number of carbonyl (C=O) groups is 1. The van der Waals surface area contributed by atoms with Gasteiger partial charge in [0, 0.05) is 13.1 Å². The minimum absolute atomic E-state index is 0.451. The summed E-state index contributed by atoms with van der Waals surface area (Å²) in [6, 6.07) is 9.85. The summed E-state index contributed by atoms with van der Waals surface area (Å²) in [6.45, 7) is 3.35. The van der Waals surface area contributed by atoms with Gasteiger partial charge >= 0.3 is 5.97 Å². The van der Waals surface area contributed by atoms with Crippen molar-refractivity contribution in [3.05, 3.63) is 57.8 Å². The molecule has 0 radical (unpaired) electrons. The average Bonchev–Trinajstić information content (AvgIpc) is 2.92. The Morgan fingerprint density at radius 1 is 1.21 bits per heavy atom. The molecule has 0 saturated carbocycles. The largest absolute Gasteiger partial charge is 0.481 e. The van der Waals surface area contributed by atoms with Gasteiger partial charge < -0.3 is 10.4 Å². The minimum Gasteiger partial charge on any atom is -0.481 e. The molecule has 1 aromatic carbocycles. The molecule has 0 aliphatic heterocycles. The van der Waals surface area contributed by atoms with Gasteiger partial charge in [-0.2, -0.15) is 11.3 Å². The highest BCUT2D eigenvalue weighted by Gasteiger charge is 2.12. The van der Waals surface area contributed by atoms with Crippen molar-refractivity contribution in [1.82, 2.24) is 5.32 Å². The van der Waals surface area contributed by atoms with Crippen LogP contribution in [0.2, 0.25) is 0 Å². The molecular formula is C15H17NO2S. The van der Waals surface area contributed by atoms with Gasteiger partial charge in [-0.15, -0.1) is 0 Å². The van der Waals surface area contributed by atoms with Crippen LogP contribution in [-0.4, -0.2) is 11.1 Å². The fraction of sp³-hybridized carbons (Fsp3) is 0.267. The molecule has 4 heteroatoms. The summed E-state index contributed by atoms with van der Waals surface area (Å²) in [6.07, 6.45) is 0. The molecule has 1 atom stereocenters. The Labute approximate surface area is 116 Å². The van der Waals surface area contributed by atoms with Crippen LogP contribution in [0, 0.1) is 0 Å². The molecular weight excluding hydrogens is 258 g/mol. The van der Waals surface area contributed by atoms with Crippen molar-refractivity contribution in [2.24, 2.45) is 0 Å². The van der Waals surface area contributed by atoms with Crippen molar-refractivity contribution in [3.63, 3.8) is 0 Å². The number of benzene rings is 1. The van der Waals surface area contributed by atoms with E-state index in [1.54, 1.807) is 18.3 Å². The van der Waals surface area contributed by atoms with Crippen molar-refractivity contribution in [3.8, 4) is 0 Å². The average molecular weight is 275 g/mol. The van der Waals surface area contributed by atoms with Crippen LogP contribution in [0.25, 0.3) is 0 Å². The van der Waals surface area contributed by atoms with Gasteiger partial charge in [0.2, 0.25) is 0 Å². The van der Waals surface area contributed by atoms with Gasteiger partial charge in [0.1, 0.15) is 0 Å². The van der Waals surface area contributed by atoms with Gasteiger partial charge in [-0.3, -0.25) is 4.79 Å². The maximum Gasteiger partial charge on any atom is 0.310 e. The lowest BCUT2D eigenvalue weighted by Crippen LogP contribution is -2.12. The summed E-state index contributed by atoms with van der Waals surface area (Å²) in [5.74, 6) is -1.24. The van der Waals surface area contributed by atoms with Crippen LogP contribution in [0.4, 0.5) is 0 Å². The normalized spacial score (nSPS) is 12.3. The summed E-state index contributed by atoms with van der Waals surface area (Å²) in [5.41, 5.74) is 3.30. The molecule has 0 spiro atoms. The Balaban J connectivity index is 1.86. The predicted molar refractivity (Wildman–Crippen MR) is 77.4 cm³/mol. The molecule has 2 N–H and O–H groups in total. The number of thiophene rings is 1. The van der Waals surface area contributed by atoms with E-state index in [9.17, 15) is 4.79 Å². The summed E-state index contributed by atoms with van der Waals surface area (Å²) in [4.78, 5) is 10.9. The number of hydrogen-bond donors (Lipinski definition) is 2. The van der Waals surface area contributed by atoms with Crippen LogP contribution in [0.15, 0.2) is 41.1 Å². The zero-order valence-corrected chi connectivity index (χ0v) is 11.6. The molecule has 0 aliphatic rings. The van der Waals surface area contributed by atoms with Crippen LogP contribution in [0.3, 0.4) is 0 Å². The number of aliphatic carboxylic acids is 1. The Kier molecular flexibility index (Phi) is 4.71. The second kappa shape index (κ2) is 6.50. The molecule has 0 fully saturated rings. The lowest BCUT2D eigenvalue weighted by atomic mass is 10.00. The van der Waals surface area contributed by atoms with Crippen LogP contribution in [-0.2, 0) is 17.9 Å². The third kappa shape index (κ3) is 3.91. The van der Waals surface area contributed by atoms with Gasteiger partial charge in [0.25, 0.3) is 0 Å². The van der Waals surface area contributed by atoms with E-state index in [0.29, 0.717) is 0 Å². The topological polar surface area (TPSA) is 49.3 Å². The summed E-state index contributed by atoms with van der Waals surface area (Å²) < 4.78 is 0. The van der Waals surface area contributed by atoms with E-state index in [-0.39, 0.29) is 0 Å². The lowest BCUT2D eigenvalue weighted by Gasteiger charge is -2.08. The number of carboxylic acid groups (broad SMARTS) is 1. The van der Waals surface area contributed by atoms with Crippen molar-refractivity contribution in [2.45, 2.75) is 25.9 Å². The quantitative estimate of drug-likeness (QED) is 0.851. The summed E-state index contributed by atoms with van der Waals surface area (Å²) in [5, 5.41) is 16.5. The SMILES string of the molecule is CC(C(=O)O)c1ccc(CNCc2ccsc2)cc1. The monoisotopic (exact) mass is 275 g/mol. The standard InChI is InChI=1S/C15H17NO2S/c1-11(15(17)18)14-4-2-12(3-5-14)8-16-9-13-6-7-19-10-13/h2-7,10-11,16H,8-9H2,1H3,(H,17,18). The van der Waals surface area contributed by atoms with Crippen LogP contribution < -0.4 is 5.32 Å². The first-order chi connectivity index (χ1) is 9.16. The molecule has 1 unspecified atom stereocenters. The third-order valence-electron chi connectivity index (χ3n) is 3.09. The highest BCUT2D eigenvalue weighted by molar-refractivity contribution is 7.07. The highest BCUT2D eigenvalue weighted by atomic mass is 32.1. The van der Waals surface area contributed by atoms with Gasteiger partial charge in [0.05, 0.1) is 5.92 Å². The van der Waals surface area contributed by atoms with E-state index in [1.165, 1.54) is 5.56 Å². The van der Waals surface area contributed by atoms with E-state index < -0.39 is 11.9 Å². The molecule has 0 amide bonds. The molecule has 0 bridgehead atoms. The van der Waals surface area contributed by atoms with E-state index in [4.69, 9.17) is 5.11 Å². The Morgan fingerprint density at radius 2 is 1.89 bits per heavy atom. The van der Waals surface area contributed by atoms with E-state index in [0.717, 1.165) is 24.2 Å². The Hall–Kier alpha value is -1.65. The molecule has 2 aromatic rings. The first kappa shape index (κ1) is 13.8. The smallest absolute Gasteiger partial charge is 0.310 e. The highest BCUT2D eigenvalue weighted by Crippen LogP contribution is 2.16. The predicted octanol–water partition coefficient (Wildman–Crippen LogP) is 3.23. The van der Waals surface area contributed by atoms with Gasteiger partial charge in [-0.25, -0.2) is 0 Å². The first-order valence-corrected chi connectivity index (χ1v) is 7.14. The zero-order chi connectivity index (χ0) is 13.7. The van der Waals surface area contributed by atoms with E-state index in [1.807, 2.05) is 24.3 Å². The van der Waals surface area contributed by atoms with Crippen LogP contribution >= 0.6 is 11.3 Å². The zero-order valence-electron chi connectivity index (χ0n) is 10.8. The van der Waals surface area contributed by atoms with Gasteiger partial charge in [-0.1, -0.05) is 24.3 Å². The van der Waals surface area contributed by atoms with Crippen LogP contribution in [0.5, 0.6) is 0 Å². The maximum atomic E-state index is 10.9. The molecule has 1 heterocycles. The third-order valence-corrected chi connectivity index (χ3v) is 3.82. The van der Waals surface area contributed by atoms with Crippen molar-refractivity contribution in [1.29, 1.82) is 0 Å². The van der Waals surface area contributed by atoms with Crippen molar-refractivity contribution in [2.75, 3.05) is 0 Å². The molecule has 0 aliphatic carbocycles. The van der Waals surface area contributed by atoms with Crippen molar-refractivity contribution >= 4 is 17.3 Å². The molecule has 3 nitrogen and oxygen atoms in total. The molecule has 0 saturated heterocycles. The number of hydrogen-bond acceptors (Lipinski definition) is 3. The number of nitrogens with one attached hydrogen (secondary N) is 1. The Morgan fingerprint density at radius 3 is 2.47 bits per heavy atom. The van der Waals surface area contributed by atoms with Crippen molar-refractivity contribution < 1.29 is 9.90 Å². The van der Waals surface area contributed by atoms with Gasteiger partial charge in [0.15, 0.2) is 0 Å². The number of carboxylic acids is 1. The summed E-state index contributed by atoms with van der Waals surface area (Å²) in [7, 11) is 0.